The van der Waals surface area contributed by atoms with Gasteiger partial charge in [-0.3, -0.25) is 14.6 Å². The summed E-state index contributed by atoms with van der Waals surface area (Å²) >= 11 is 4.68. The van der Waals surface area contributed by atoms with E-state index < -0.39 is 31.1 Å². The lowest BCUT2D eigenvalue weighted by Gasteiger charge is -2.38. The van der Waals surface area contributed by atoms with Crippen molar-refractivity contribution in [3.05, 3.63) is 30.2 Å². The van der Waals surface area contributed by atoms with Gasteiger partial charge >= 0.3 is 11.7 Å². The smallest absolute Gasteiger partial charge is 0.330 e. The number of aromatic amines is 1. The molecular weight excluding hydrogens is 436 g/mol. The van der Waals surface area contributed by atoms with Gasteiger partial charge in [0.2, 0.25) is 0 Å². The number of rotatable bonds is 3. The molecule has 0 bridgehead atoms. The zero-order valence-electron chi connectivity index (χ0n) is 16.4. The normalized spacial score (nSPS) is 13.3. The number of thiophene rings is 1. The Morgan fingerprint density at radius 1 is 1.19 bits per heavy atom. The zero-order chi connectivity index (χ0) is 20.2. The average Bonchev–Trinajstić information content (AvgIpc) is 2.71. The number of fused-ring (bicyclic) bond motifs is 1. The second kappa shape index (κ2) is 6.45. The summed E-state index contributed by atoms with van der Waals surface area (Å²) in [6.45, 7) is 14.9. The van der Waals surface area contributed by atoms with Crippen LogP contribution in [0.2, 0.25) is 18.1 Å². The van der Waals surface area contributed by atoms with E-state index in [0.717, 1.165) is 13.9 Å². The summed E-state index contributed by atoms with van der Waals surface area (Å²) in [7, 11) is -2.39. The molecule has 1 N–H and O–H groups in total. The molecular formula is C17H25BrN2O4SSi. The topological polar surface area (TPSA) is 81.2 Å². The average molecular weight is 461 g/mol. The Balaban J connectivity index is 2.63. The molecule has 0 aromatic carbocycles. The number of hydrogen-bond acceptors (Lipinski definition) is 5. The molecule has 0 unspecified atom stereocenters. The number of halogens is 1. The SMILES string of the molecule is Cc1c(Br)sc2[nH]c(=O)n(C(C)(C)C(=O)O[Si](C)(C)C(C)(C)C)c(=O)c12. The van der Waals surface area contributed by atoms with Crippen molar-refractivity contribution in [2.45, 2.75) is 65.2 Å². The van der Waals surface area contributed by atoms with E-state index in [9.17, 15) is 14.4 Å². The van der Waals surface area contributed by atoms with Crippen LogP contribution < -0.4 is 11.2 Å². The number of aromatic nitrogens is 2. The molecule has 2 aromatic heterocycles. The standard InChI is InChI=1S/C17H25BrN2O4SSi/c1-9-10-12(25-11(9)18)19-15(23)20(13(10)21)17(5,6)14(22)24-26(7,8)16(2,3)4/h1-8H3,(H,19,23). The number of carbonyl (C=O) groups is 1. The lowest BCUT2D eigenvalue weighted by Crippen LogP contribution is -2.54. The van der Waals surface area contributed by atoms with Gasteiger partial charge in [0.1, 0.15) is 10.4 Å². The van der Waals surface area contributed by atoms with Crippen LogP contribution in [0.3, 0.4) is 0 Å². The zero-order valence-corrected chi connectivity index (χ0v) is 19.8. The van der Waals surface area contributed by atoms with Gasteiger partial charge in [-0.2, -0.15) is 0 Å². The van der Waals surface area contributed by atoms with Crippen molar-refractivity contribution < 1.29 is 9.22 Å². The predicted octanol–water partition coefficient (Wildman–Crippen LogP) is 4.11. The van der Waals surface area contributed by atoms with Gasteiger partial charge < -0.3 is 4.43 Å². The maximum absolute atomic E-state index is 13.0. The summed E-state index contributed by atoms with van der Waals surface area (Å²) in [5.41, 5.74) is -1.78. The third-order valence-electron chi connectivity index (χ3n) is 5.14. The fourth-order valence-corrected chi connectivity index (χ4v) is 4.92. The number of nitrogens with one attached hydrogen (secondary N) is 1. The third kappa shape index (κ3) is 3.36. The molecule has 0 aliphatic carbocycles. The highest BCUT2D eigenvalue weighted by Crippen LogP contribution is 2.38. The lowest BCUT2D eigenvalue weighted by atomic mass is 10.1. The molecule has 0 aliphatic heterocycles. The minimum absolute atomic E-state index is 0.172. The molecule has 2 heterocycles. The summed E-state index contributed by atoms with van der Waals surface area (Å²) in [5, 5.41) is 0.240. The molecule has 144 valence electrons. The Morgan fingerprint density at radius 2 is 1.73 bits per heavy atom. The molecule has 0 spiro atoms. The van der Waals surface area contributed by atoms with Gasteiger partial charge in [-0.25, -0.2) is 9.36 Å². The van der Waals surface area contributed by atoms with Gasteiger partial charge in [0.05, 0.1) is 9.17 Å². The van der Waals surface area contributed by atoms with Crippen LogP contribution in [0.4, 0.5) is 0 Å². The van der Waals surface area contributed by atoms with E-state index in [4.69, 9.17) is 4.43 Å². The van der Waals surface area contributed by atoms with Gasteiger partial charge in [-0.15, -0.1) is 11.3 Å². The van der Waals surface area contributed by atoms with Crippen molar-refractivity contribution in [2.75, 3.05) is 0 Å². The summed E-state index contributed by atoms with van der Waals surface area (Å²) in [5.74, 6) is -0.567. The first-order valence-electron chi connectivity index (χ1n) is 8.29. The number of nitrogens with zero attached hydrogens (tertiary/aromatic N) is 1. The van der Waals surface area contributed by atoms with E-state index in [0.29, 0.717) is 10.2 Å². The van der Waals surface area contributed by atoms with Crippen molar-refractivity contribution in [1.29, 1.82) is 0 Å². The first-order valence-corrected chi connectivity index (χ1v) is 12.8. The number of carbonyl (C=O) groups excluding carboxylic acids is 1. The molecule has 6 nitrogen and oxygen atoms in total. The molecule has 0 saturated carbocycles. The minimum Gasteiger partial charge on any atom is -0.517 e. The highest BCUT2D eigenvalue weighted by atomic mass is 79.9. The molecule has 9 heteroatoms. The van der Waals surface area contributed by atoms with E-state index in [2.05, 4.69) is 20.9 Å². The van der Waals surface area contributed by atoms with E-state index in [-0.39, 0.29) is 5.04 Å². The molecule has 0 radical (unpaired) electrons. The molecule has 0 fully saturated rings. The van der Waals surface area contributed by atoms with Crippen LogP contribution in [0.15, 0.2) is 13.4 Å². The summed E-state index contributed by atoms with van der Waals surface area (Å²) in [6, 6.07) is 0. The lowest BCUT2D eigenvalue weighted by molar-refractivity contribution is -0.144. The monoisotopic (exact) mass is 460 g/mol. The predicted molar refractivity (Wildman–Crippen MR) is 112 cm³/mol. The Morgan fingerprint density at radius 3 is 2.23 bits per heavy atom. The van der Waals surface area contributed by atoms with E-state index in [1.165, 1.54) is 11.3 Å². The van der Waals surface area contributed by atoms with Crippen LogP contribution in [0.1, 0.15) is 40.2 Å². The first-order chi connectivity index (χ1) is 11.6. The van der Waals surface area contributed by atoms with Crippen LogP contribution in [0.25, 0.3) is 10.2 Å². The van der Waals surface area contributed by atoms with Gasteiger partial charge in [0.25, 0.3) is 13.9 Å². The number of aryl methyl sites for hydroxylation is 1. The summed E-state index contributed by atoms with van der Waals surface area (Å²) in [4.78, 5) is 41.8. The first kappa shape index (κ1) is 21.1. The highest BCUT2D eigenvalue weighted by molar-refractivity contribution is 9.11. The van der Waals surface area contributed by atoms with Crippen molar-refractivity contribution >= 4 is 51.8 Å². The van der Waals surface area contributed by atoms with E-state index in [1.54, 1.807) is 20.8 Å². The Hall–Kier alpha value is -1.19. The Bertz CT molecular complexity index is 995. The fraction of sp³-hybridized carbons (Fsp3) is 0.588. The van der Waals surface area contributed by atoms with Crippen LogP contribution in [-0.2, 0) is 14.8 Å². The maximum Gasteiger partial charge on any atom is 0.330 e. The largest absolute Gasteiger partial charge is 0.517 e. The van der Waals surface area contributed by atoms with Gasteiger partial charge in [0, 0.05) is 0 Å². The molecule has 0 aliphatic rings. The van der Waals surface area contributed by atoms with Crippen molar-refractivity contribution in [2.24, 2.45) is 0 Å². The van der Waals surface area contributed by atoms with Crippen molar-refractivity contribution in [3.63, 3.8) is 0 Å². The molecule has 0 atom stereocenters. The van der Waals surface area contributed by atoms with E-state index in [1.807, 2.05) is 33.9 Å². The second-order valence-electron chi connectivity index (χ2n) is 8.48. The van der Waals surface area contributed by atoms with Crippen LogP contribution >= 0.6 is 27.3 Å². The third-order valence-corrected chi connectivity index (χ3v) is 11.5. The summed E-state index contributed by atoms with van der Waals surface area (Å²) < 4.78 is 7.61. The van der Waals surface area contributed by atoms with Gasteiger partial charge in [0.15, 0.2) is 0 Å². The molecule has 26 heavy (non-hydrogen) atoms. The number of hydrogen-bond donors (Lipinski definition) is 1. The van der Waals surface area contributed by atoms with Crippen LogP contribution in [0, 0.1) is 6.92 Å². The minimum atomic E-state index is -2.39. The Kier molecular flexibility index (Phi) is 5.24. The number of H-pyrrole nitrogens is 1. The van der Waals surface area contributed by atoms with Gasteiger partial charge in [-0.1, -0.05) is 20.8 Å². The molecule has 0 amide bonds. The van der Waals surface area contributed by atoms with Crippen molar-refractivity contribution in [1.82, 2.24) is 9.55 Å². The highest BCUT2D eigenvalue weighted by Gasteiger charge is 2.45. The van der Waals surface area contributed by atoms with Crippen LogP contribution in [-0.4, -0.2) is 23.8 Å². The fourth-order valence-electron chi connectivity index (χ4n) is 2.30. The van der Waals surface area contributed by atoms with E-state index >= 15 is 0 Å². The molecule has 0 saturated heterocycles. The van der Waals surface area contributed by atoms with Crippen LogP contribution in [0.5, 0.6) is 0 Å². The quantitative estimate of drug-likeness (QED) is 0.698. The molecule has 2 aromatic rings. The van der Waals surface area contributed by atoms with Crippen molar-refractivity contribution in [3.8, 4) is 0 Å². The maximum atomic E-state index is 13.0. The molecule has 2 rings (SSSR count). The van der Waals surface area contributed by atoms with Gasteiger partial charge in [-0.05, 0) is 60.4 Å². The second-order valence-corrected chi connectivity index (χ2v) is 15.5. The Labute approximate surface area is 165 Å². The summed E-state index contributed by atoms with van der Waals surface area (Å²) in [6.07, 6.45) is 0.